The summed E-state index contributed by atoms with van der Waals surface area (Å²) in [6.45, 7) is 10.9. The highest BCUT2D eigenvalue weighted by Crippen LogP contribution is 2.17. The van der Waals surface area contributed by atoms with Gasteiger partial charge >= 0.3 is 0 Å². The zero-order valence-electron chi connectivity index (χ0n) is 9.38. The van der Waals surface area contributed by atoms with Crippen molar-refractivity contribution in [1.82, 2.24) is 9.80 Å². The lowest BCUT2D eigenvalue weighted by Gasteiger charge is -2.45. The topological polar surface area (TPSA) is 32.5 Å². The maximum atomic E-state index is 5.76. The summed E-state index contributed by atoms with van der Waals surface area (Å²) in [4.78, 5) is 4.90. The first-order valence-corrected chi connectivity index (χ1v) is 5.13. The van der Waals surface area contributed by atoms with E-state index in [1.165, 1.54) is 0 Å². The molecule has 0 spiro atoms. The van der Waals surface area contributed by atoms with E-state index in [0.717, 1.165) is 26.2 Å². The summed E-state index contributed by atoms with van der Waals surface area (Å²) >= 11 is 0. The molecule has 1 rings (SSSR count). The van der Waals surface area contributed by atoms with E-state index >= 15 is 0 Å². The van der Waals surface area contributed by atoms with Crippen LogP contribution in [0.15, 0.2) is 0 Å². The molecule has 0 radical (unpaired) electrons. The molecule has 0 bridgehead atoms. The van der Waals surface area contributed by atoms with Crippen molar-refractivity contribution in [2.75, 3.05) is 33.2 Å². The highest BCUT2D eigenvalue weighted by molar-refractivity contribution is 4.88. The minimum atomic E-state index is 0.162. The molecule has 13 heavy (non-hydrogen) atoms. The number of likely N-dealkylation sites (N-methyl/N-ethyl adjacent to an activating group) is 1. The van der Waals surface area contributed by atoms with E-state index in [-0.39, 0.29) is 5.54 Å². The third-order valence-electron chi connectivity index (χ3n) is 3.32. The maximum absolute atomic E-state index is 5.76. The second-order valence-electron chi connectivity index (χ2n) is 4.79. The summed E-state index contributed by atoms with van der Waals surface area (Å²) in [5.74, 6) is 0. The van der Waals surface area contributed by atoms with Crippen LogP contribution in [0.4, 0.5) is 0 Å². The fraction of sp³-hybridized carbons (Fsp3) is 1.00. The third kappa shape index (κ3) is 2.42. The average Bonchev–Trinajstić information content (AvgIpc) is 2.09. The molecule has 0 aromatic carbocycles. The molecule has 0 aromatic heterocycles. The van der Waals surface area contributed by atoms with E-state index in [1.807, 2.05) is 0 Å². The van der Waals surface area contributed by atoms with Crippen molar-refractivity contribution in [2.24, 2.45) is 5.73 Å². The van der Waals surface area contributed by atoms with Crippen LogP contribution in [0.3, 0.4) is 0 Å². The Kier molecular flexibility index (Phi) is 3.33. The van der Waals surface area contributed by atoms with Crippen molar-refractivity contribution in [1.29, 1.82) is 0 Å². The van der Waals surface area contributed by atoms with Gasteiger partial charge in [0.25, 0.3) is 0 Å². The molecule has 0 aromatic rings. The van der Waals surface area contributed by atoms with E-state index in [4.69, 9.17) is 5.73 Å². The van der Waals surface area contributed by atoms with Gasteiger partial charge in [0.15, 0.2) is 0 Å². The van der Waals surface area contributed by atoms with Gasteiger partial charge in [-0.25, -0.2) is 0 Å². The largest absolute Gasteiger partial charge is 0.329 e. The first-order valence-electron chi connectivity index (χ1n) is 5.13. The van der Waals surface area contributed by atoms with E-state index < -0.39 is 0 Å². The van der Waals surface area contributed by atoms with Gasteiger partial charge in [-0.2, -0.15) is 0 Å². The fourth-order valence-electron chi connectivity index (χ4n) is 1.73. The minimum Gasteiger partial charge on any atom is -0.329 e. The Bertz CT molecular complexity index is 168. The standard InChI is InChI=1S/C10H23N3/c1-9-7-13(6-5-12(9)4)10(2,3)8-11/h9H,5-8,11H2,1-4H3. The summed E-state index contributed by atoms with van der Waals surface area (Å²) < 4.78 is 0. The SMILES string of the molecule is CC1CN(C(C)(C)CN)CCN1C. The van der Waals surface area contributed by atoms with Crippen molar-refractivity contribution in [2.45, 2.75) is 32.4 Å². The van der Waals surface area contributed by atoms with Gasteiger partial charge in [0.1, 0.15) is 0 Å². The van der Waals surface area contributed by atoms with Crippen molar-refractivity contribution in [3.8, 4) is 0 Å². The summed E-state index contributed by atoms with van der Waals surface area (Å²) in [5, 5.41) is 0. The monoisotopic (exact) mass is 185 g/mol. The second-order valence-corrected chi connectivity index (χ2v) is 4.79. The smallest absolute Gasteiger partial charge is 0.0276 e. The Morgan fingerprint density at radius 3 is 2.46 bits per heavy atom. The summed E-state index contributed by atoms with van der Waals surface area (Å²) in [5.41, 5.74) is 5.92. The predicted octanol–water partition coefficient (Wildman–Crippen LogP) is 0.360. The molecule has 1 fully saturated rings. The van der Waals surface area contributed by atoms with Crippen molar-refractivity contribution < 1.29 is 0 Å². The number of nitrogens with zero attached hydrogens (tertiary/aromatic N) is 2. The van der Waals surface area contributed by atoms with E-state index in [0.29, 0.717) is 6.04 Å². The molecule has 1 aliphatic rings. The van der Waals surface area contributed by atoms with Gasteiger partial charge < -0.3 is 10.6 Å². The maximum Gasteiger partial charge on any atom is 0.0276 e. The van der Waals surface area contributed by atoms with Gasteiger partial charge in [0, 0.05) is 37.8 Å². The fourth-order valence-corrected chi connectivity index (χ4v) is 1.73. The van der Waals surface area contributed by atoms with Crippen molar-refractivity contribution in [3.63, 3.8) is 0 Å². The molecule has 0 saturated carbocycles. The molecule has 1 saturated heterocycles. The van der Waals surface area contributed by atoms with Crippen LogP contribution >= 0.6 is 0 Å². The van der Waals surface area contributed by atoms with Crippen LogP contribution in [0.1, 0.15) is 20.8 Å². The van der Waals surface area contributed by atoms with Gasteiger partial charge in [0.2, 0.25) is 0 Å². The lowest BCUT2D eigenvalue weighted by atomic mass is 10.0. The van der Waals surface area contributed by atoms with Gasteiger partial charge in [-0.1, -0.05) is 0 Å². The molecular weight excluding hydrogens is 162 g/mol. The Hall–Kier alpha value is -0.120. The number of hydrogen-bond donors (Lipinski definition) is 1. The first kappa shape index (κ1) is 11.0. The number of piperazine rings is 1. The van der Waals surface area contributed by atoms with E-state index in [1.54, 1.807) is 0 Å². The lowest BCUT2D eigenvalue weighted by Crippen LogP contribution is -2.59. The Balaban J connectivity index is 2.55. The third-order valence-corrected chi connectivity index (χ3v) is 3.32. The Morgan fingerprint density at radius 1 is 1.38 bits per heavy atom. The van der Waals surface area contributed by atoms with Gasteiger partial charge in [-0.15, -0.1) is 0 Å². The van der Waals surface area contributed by atoms with Crippen LogP contribution < -0.4 is 5.73 Å². The quantitative estimate of drug-likeness (QED) is 0.674. The highest BCUT2D eigenvalue weighted by Gasteiger charge is 2.30. The van der Waals surface area contributed by atoms with Gasteiger partial charge in [-0.05, 0) is 27.8 Å². The Labute approximate surface area is 81.9 Å². The normalized spacial score (nSPS) is 27.9. The molecule has 3 heteroatoms. The van der Waals surface area contributed by atoms with E-state index in [2.05, 4.69) is 37.6 Å². The number of nitrogens with two attached hydrogens (primary N) is 1. The van der Waals surface area contributed by atoms with Crippen molar-refractivity contribution in [3.05, 3.63) is 0 Å². The zero-order chi connectivity index (χ0) is 10.1. The molecule has 0 aliphatic carbocycles. The van der Waals surface area contributed by atoms with Crippen LogP contribution in [0.25, 0.3) is 0 Å². The Morgan fingerprint density at radius 2 is 2.00 bits per heavy atom. The molecule has 2 N–H and O–H groups in total. The van der Waals surface area contributed by atoms with Crippen molar-refractivity contribution >= 4 is 0 Å². The summed E-state index contributed by atoms with van der Waals surface area (Å²) in [6, 6.07) is 0.652. The van der Waals surface area contributed by atoms with Crippen LogP contribution in [-0.4, -0.2) is 54.6 Å². The van der Waals surface area contributed by atoms with Crippen LogP contribution in [0.5, 0.6) is 0 Å². The highest BCUT2D eigenvalue weighted by atomic mass is 15.3. The van der Waals surface area contributed by atoms with Crippen LogP contribution in [0.2, 0.25) is 0 Å². The second kappa shape index (κ2) is 3.95. The number of hydrogen-bond acceptors (Lipinski definition) is 3. The van der Waals surface area contributed by atoms with Crippen LogP contribution in [0, 0.1) is 0 Å². The van der Waals surface area contributed by atoms with Gasteiger partial charge in [-0.3, -0.25) is 4.90 Å². The molecule has 3 nitrogen and oxygen atoms in total. The first-order chi connectivity index (χ1) is 5.97. The van der Waals surface area contributed by atoms with E-state index in [9.17, 15) is 0 Å². The molecule has 1 atom stereocenters. The molecule has 0 amide bonds. The van der Waals surface area contributed by atoms with Gasteiger partial charge in [0.05, 0.1) is 0 Å². The predicted molar refractivity (Wildman–Crippen MR) is 56.8 cm³/mol. The zero-order valence-corrected chi connectivity index (χ0v) is 9.38. The number of rotatable bonds is 2. The van der Waals surface area contributed by atoms with Crippen LogP contribution in [-0.2, 0) is 0 Å². The lowest BCUT2D eigenvalue weighted by molar-refractivity contribution is 0.0367. The molecule has 1 aliphatic heterocycles. The molecule has 78 valence electrons. The summed E-state index contributed by atoms with van der Waals surface area (Å²) in [7, 11) is 2.19. The minimum absolute atomic E-state index is 0.162. The average molecular weight is 185 g/mol. The molecule has 1 unspecified atom stereocenters. The molecular formula is C10H23N3. The summed E-state index contributed by atoms with van der Waals surface area (Å²) in [6.07, 6.45) is 0. The molecule has 1 heterocycles.